The first kappa shape index (κ1) is 16.1. The van der Waals surface area contributed by atoms with Crippen LogP contribution in [0.3, 0.4) is 0 Å². The van der Waals surface area contributed by atoms with E-state index in [0.29, 0.717) is 11.6 Å². The molecule has 2 rings (SSSR count). The predicted octanol–water partition coefficient (Wildman–Crippen LogP) is 2.69. The van der Waals surface area contributed by atoms with Gasteiger partial charge in [-0.3, -0.25) is 4.90 Å². The van der Waals surface area contributed by atoms with Crippen molar-refractivity contribution in [3.63, 3.8) is 0 Å². The smallest absolute Gasteiger partial charge is 0.369 e. The minimum Gasteiger partial charge on any atom is -0.369 e. The van der Waals surface area contributed by atoms with Crippen LogP contribution in [-0.4, -0.2) is 37.1 Å². The fourth-order valence-electron chi connectivity index (χ4n) is 2.71. The molecular formula is C15H22F3N3. The molecule has 1 heterocycles. The van der Waals surface area contributed by atoms with Gasteiger partial charge in [0.05, 0.1) is 5.56 Å². The highest BCUT2D eigenvalue weighted by Crippen LogP contribution is 2.33. The number of piperazine rings is 1. The van der Waals surface area contributed by atoms with Crippen molar-refractivity contribution in [2.24, 2.45) is 5.73 Å². The molecule has 21 heavy (non-hydrogen) atoms. The first-order valence-corrected chi connectivity index (χ1v) is 7.22. The maximum Gasteiger partial charge on any atom is 0.416 e. The summed E-state index contributed by atoms with van der Waals surface area (Å²) in [5, 5.41) is 0. The lowest BCUT2D eigenvalue weighted by atomic mass is 10.1. The highest BCUT2D eigenvalue weighted by atomic mass is 19.4. The van der Waals surface area contributed by atoms with Crippen LogP contribution in [0.5, 0.6) is 0 Å². The van der Waals surface area contributed by atoms with E-state index in [-0.39, 0.29) is 6.54 Å². The molecule has 1 aliphatic rings. The number of alkyl halides is 3. The number of hydrogen-bond donors (Lipinski definition) is 1. The van der Waals surface area contributed by atoms with Gasteiger partial charge in [-0.05, 0) is 37.6 Å². The third-order valence-corrected chi connectivity index (χ3v) is 4.01. The van der Waals surface area contributed by atoms with E-state index in [1.54, 1.807) is 6.07 Å². The first-order valence-electron chi connectivity index (χ1n) is 7.22. The van der Waals surface area contributed by atoms with Crippen molar-refractivity contribution in [3.8, 4) is 0 Å². The summed E-state index contributed by atoms with van der Waals surface area (Å²) < 4.78 is 38.3. The van der Waals surface area contributed by atoms with Crippen LogP contribution in [0.2, 0.25) is 0 Å². The van der Waals surface area contributed by atoms with Gasteiger partial charge in [-0.15, -0.1) is 0 Å². The van der Waals surface area contributed by atoms with Crippen LogP contribution < -0.4 is 10.6 Å². The van der Waals surface area contributed by atoms with Gasteiger partial charge in [0.2, 0.25) is 0 Å². The number of rotatable bonds is 3. The van der Waals surface area contributed by atoms with E-state index in [1.165, 1.54) is 6.07 Å². The van der Waals surface area contributed by atoms with Gasteiger partial charge in [0.25, 0.3) is 0 Å². The molecule has 1 aromatic rings. The lowest BCUT2D eigenvalue weighted by molar-refractivity contribution is -0.137. The minimum atomic E-state index is -4.32. The Morgan fingerprint density at radius 1 is 1.14 bits per heavy atom. The van der Waals surface area contributed by atoms with E-state index in [9.17, 15) is 13.2 Å². The molecule has 6 heteroatoms. The van der Waals surface area contributed by atoms with Crippen LogP contribution in [0.1, 0.15) is 25.0 Å². The monoisotopic (exact) mass is 301 g/mol. The number of hydrogen-bond acceptors (Lipinski definition) is 3. The van der Waals surface area contributed by atoms with Crippen LogP contribution in [-0.2, 0) is 12.7 Å². The molecule has 0 unspecified atom stereocenters. The van der Waals surface area contributed by atoms with Crippen molar-refractivity contribution in [2.45, 2.75) is 32.6 Å². The number of anilines is 1. The Bertz CT molecular complexity index is 478. The molecular weight excluding hydrogens is 279 g/mol. The van der Waals surface area contributed by atoms with E-state index in [2.05, 4.69) is 23.6 Å². The summed E-state index contributed by atoms with van der Waals surface area (Å²) in [6.45, 7) is 7.89. The number of nitrogens with two attached hydrogens (primary N) is 1. The number of benzene rings is 1. The fourth-order valence-corrected chi connectivity index (χ4v) is 2.71. The van der Waals surface area contributed by atoms with Crippen molar-refractivity contribution >= 4 is 5.69 Å². The molecule has 0 saturated carbocycles. The summed E-state index contributed by atoms with van der Waals surface area (Å²) in [5.41, 5.74) is 6.39. The maximum absolute atomic E-state index is 12.8. The van der Waals surface area contributed by atoms with E-state index in [0.717, 1.165) is 37.9 Å². The molecule has 3 nitrogen and oxygen atoms in total. The molecule has 0 amide bonds. The average Bonchev–Trinajstić information content (AvgIpc) is 2.45. The summed E-state index contributed by atoms with van der Waals surface area (Å²) in [6.07, 6.45) is -4.32. The Kier molecular flexibility index (Phi) is 4.78. The zero-order chi connectivity index (χ0) is 15.6. The van der Waals surface area contributed by atoms with Gasteiger partial charge in [0.15, 0.2) is 0 Å². The van der Waals surface area contributed by atoms with Crippen LogP contribution in [0.25, 0.3) is 0 Å². The zero-order valence-corrected chi connectivity index (χ0v) is 12.5. The van der Waals surface area contributed by atoms with Crippen molar-refractivity contribution in [1.82, 2.24) is 4.90 Å². The van der Waals surface area contributed by atoms with Gasteiger partial charge < -0.3 is 10.6 Å². The Balaban J connectivity index is 2.17. The SMILES string of the molecule is CC(C)N1CCN(c2ccc(C(F)(F)F)cc2CN)CC1. The van der Waals surface area contributed by atoms with Crippen molar-refractivity contribution < 1.29 is 13.2 Å². The second kappa shape index (κ2) is 6.23. The molecule has 1 aromatic carbocycles. The topological polar surface area (TPSA) is 32.5 Å². The van der Waals surface area contributed by atoms with Crippen LogP contribution in [0.4, 0.5) is 18.9 Å². The van der Waals surface area contributed by atoms with Gasteiger partial charge in [-0.1, -0.05) is 0 Å². The standard InChI is InChI=1S/C15H22F3N3/c1-11(2)20-5-7-21(8-6-20)14-4-3-13(15(16,17)18)9-12(14)10-19/h3-4,9,11H,5-8,10,19H2,1-2H3. The van der Waals surface area contributed by atoms with Crippen LogP contribution >= 0.6 is 0 Å². The Morgan fingerprint density at radius 3 is 2.24 bits per heavy atom. The highest BCUT2D eigenvalue weighted by Gasteiger charge is 2.31. The summed E-state index contributed by atoms with van der Waals surface area (Å²) in [5.74, 6) is 0. The predicted molar refractivity (Wildman–Crippen MR) is 78.3 cm³/mol. The molecule has 0 aromatic heterocycles. The molecule has 0 radical (unpaired) electrons. The minimum absolute atomic E-state index is 0.115. The van der Waals surface area contributed by atoms with E-state index in [4.69, 9.17) is 5.73 Å². The lowest BCUT2D eigenvalue weighted by Gasteiger charge is -2.39. The quantitative estimate of drug-likeness (QED) is 0.931. The average molecular weight is 301 g/mol. The normalized spacial score (nSPS) is 17.6. The lowest BCUT2D eigenvalue weighted by Crippen LogP contribution is -2.49. The van der Waals surface area contributed by atoms with Crippen LogP contribution in [0.15, 0.2) is 18.2 Å². The second-order valence-electron chi connectivity index (χ2n) is 5.66. The van der Waals surface area contributed by atoms with Gasteiger partial charge >= 0.3 is 6.18 Å². The summed E-state index contributed by atoms with van der Waals surface area (Å²) in [4.78, 5) is 4.49. The largest absolute Gasteiger partial charge is 0.416 e. The molecule has 2 N–H and O–H groups in total. The molecule has 1 saturated heterocycles. The maximum atomic E-state index is 12.8. The van der Waals surface area contributed by atoms with E-state index in [1.807, 2.05) is 0 Å². The Morgan fingerprint density at radius 2 is 1.76 bits per heavy atom. The third kappa shape index (κ3) is 3.68. The van der Waals surface area contributed by atoms with Gasteiger partial charge in [0, 0.05) is 44.5 Å². The summed E-state index contributed by atoms with van der Waals surface area (Å²) in [7, 11) is 0. The summed E-state index contributed by atoms with van der Waals surface area (Å²) >= 11 is 0. The van der Waals surface area contributed by atoms with Crippen molar-refractivity contribution in [3.05, 3.63) is 29.3 Å². The Hall–Kier alpha value is -1.27. The number of nitrogens with zero attached hydrogens (tertiary/aromatic N) is 2. The molecule has 0 spiro atoms. The van der Waals surface area contributed by atoms with Gasteiger partial charge in [0.1, 0.15) is 0 Å². The highest BCUT2D eigenvalue weighted by molar-refractivity contribution is 5.56. The van der Waals surface area contributed by atoms with Crippen LogP contribution in [0, 0.1) is 0 Å². The van der Waals surface area contributed by atoms with E-state index < -0.39 is 11.7 Å². The molecule has 1 fully saturated rings. The molecule has 118 valence electrons. The van der Waals surface area contributed by atoms with Gasteiger partial charge in [-0.2, -0.15) is 13.2 Å². The molecule has 0 bridgehead atoms. The molecule has 0 atom stereocenters. The number of halogens is 3. The van der Waals surface area contributed by atoms with Gasteiger partial charge in [-0.25, -0.2) is 0 Å². The second-order valence-corrected chi connectivity index (χ2v) is 5.66. The first-order chi connectivity index (χ1) is 9.82. The van der Waals surface area contributed by atoms with Crippen molar-refractivity contribution in [2.75, 3.05) is 31.1 Å². The molecule has 0 aliphatic carbocycles. The zero-order valence-electron chi connectivity index (χ0n) is 12.5. The third-order valence-electron chi connectivity index (χ3n) is 4.01. The summed E-state index contributed by atoms with van der Waals surface area (Å²) in [6, 6.07) is 4.36. The Labute approximate surface area is 123 Å². The van der Waals surface area contributed by atoms with E-state index >= 15 is 0 Å². The fraction of sp³-hybridized carbons (Fsp3) is 0.600. The van der Waals surface area contributed by atoms with Crippen molar-refractivity contribution in [1.29, 1.82) is 0 Å². The molecule has 1 aliphatic heterocycles.